The van der Waals surface area contributed by atoms with E-state index in [9.17, 15) is 19.6 Å². The summed E-state index contributed by atoms with van der Waals surface area (Å²) in [5.41, 5.74) is 0.0475. The third kappa shape index (κ3) is 2.47. The van der Waals surface area contributed by atoms with E-state index in [4.69, 9.17) is 4.74 Å². The van der Waals surface area contributed by atoms with Gasteiger partial charge in [0.05, 0.1) is 5.57 Å². The molecule has 1 unspecified atom stereocenters. The molecule has 0 amide bonds. The van der Waals surface area contributed by atoms with Gasteiger partial charge in [-0.2, -0.15) is 5.26 Å². The van der Waals surface area contributed by atoms with Crippen molar-refractivity contribution in [1.29, 1.82) is 5.26 Å². The van der Waals surface area contributed by atoms with Crippen molar-refractivity contribution in [2.75, 3.05) is 0 Å². The summed E-state index contributed by atoms with van der Waals surface area (Å²) in [6.07, 6.45) is 4.63. The summed E-state index contributed by atoms with van der Waals surface area (Å²) in [6.45, 7) is 7.26. The zero-order chi connectivity index (χ0) is 18.6. The van der Waals surface area contributed by atoms with Gasteiger partial charge in [-0.1, -0.05) is 26.8 Å². The minimum absolute atomic E-state index is 0.0419. The van der Waals surface area contributed by atoms with Crippen LogP contribution in [0.25, 0.3) is 0 Å². The molecule has 3 aliphatic carbocycles. The number of ether oxygens (including phenoxy) is 1. The quantitative estimate of drug-likeness (QED) is 0.685. The number of carbonyl (C=O) groups is 3. The summed E-state index contributed by atoms with van der Waals surface area (Å²) < 4.78 is 5.51. The van der Waals surface area contributed by atoms with Crippen LogP contribution in [-0.2, 0) is 19.1 Å². The molecule has 5 nitrogen and oxygen atoms in total. The van der Waals surface area contributed by atoms with Gasteiger partial charge in [-0.3, -0.25) is 14.4 Å². The lowest BCUT2D eigenvalue weighted by atomic mass is 9.47. The molecule has 0 aromatic carbocycles. The number of fused-ring (bicyclic) bond motifs is 3. The van der Waals surface area contributed by atoms with Gasteiger partial charge in [0.1, 0.15) is 12.2 Å². The molecule has 0 spiro atoms. The fraction of sp³-hybridized carbons (Fsp3) is 0.600. The predicted molar refractivity (Wildman–Crippen MR) is 90.1 cm³/mol. The zero-order valence-electron chi connectivity index (χ0n) is 15.1. The number of ketones is 2. The molecule has 0 aromatic rings. The van der Waals surface area contributed by atoms with Crippen LogP contribution in [0.3, 0.4) is 0 Å². The molecule has 0 bridgehead atoms. The SMILES string of the molecule is CC(=O)O[C@@H]1CC(=O)C=C2[C@@]3(C)C=C(C#N)C(=O)[C@H](C)C3CC[C@]21C. The Morgan fingerprint density at radius 1 is 1.36 bits per heavy atom. The highest BCUT2D eigenvalue weighted by molar-refractivity contribution is 6.02. The molecule has 0 radical (unpaired) electrons. The molecule has 5 atom stereocenters. The number of nitriles is 1. The van der Waals surface area contributed by atoms with Crippen molar-refractivity contribution in [2.45, 2.75) is 53.1 Å². The minimum atomic E-state index is -0.556. The highest BCUT2D eigenvalue weighted by Crippen LogP contribution is 2.61. The number of Topliss-reactive ketones (excluding diaryl/α,β-unsaturated/α-hetero) is 1. The Balaban J connectivity index is 2.16. The Morgan fingerprint density at radius 3 is 2.64 bits per heavy atom. The van der Waals surface area contributed by atoms with E-state index in [-0.39, 0.29) is 35.4 Å². The highest BCUT2D eigenvalue weighted by atomic mass is 16.5. The van der Waals surface area contributed by atoms with Crippen LogP contribution in [0.5, 0.6) is 0 Å². The van der Waals surface area contributed by atoms with Crippen molar-refractivity contribution < 1.29 is 19.1 Å². The van der Waals surface area contributed by atoms with Crippen LogP contribution in [0, 0.1) is 34.0 Å². The van der Waals surface area contributed by atoms with Crippen molar-refractivity contribution >= 4 is 17.5 Å². The van der Waals surface area contributed by atoms with E-state index in [1.807, 2.05) is 26.8 Å². The second-order valence-electron chi connectivity index (χ2n) is 7.99. The Hall–Kier alpha value is -2.22. The maximum atomic E-state index is 12.4. The monoisotopic (exact) mass is 341 g/mol. The van der Waals surface area contributed by atoms with Crippen LogP contribution in [0.15, 0.2) is 23.3 Å². The molecule has 0 aromatic heterocycles. The molecule has 3 rings (SSSR count). The largest absolute Gasteiger partial charge is 0.461 e. The molecular weight excluding hydrogens is 318 g/mol. The van der Waals surface area contributed by atoms with Crippen LogP contribution < -0.4 is 0 Å². The van der Waals surface area contributed by atoms with Gasteiger partial charge < -0.3 is 4.74 Å². The standard InChI is InChI=1S/C20H23NO4/c1-11-15-5-6-19(3)16(7-14(23)8-17(19)25-12(2)22)20(15,4)9-13(10-21)18(11)24/h7,9,11,15,17H,5-6,8H2,1-4H3/t11-,15?,17-,19-,20+/m1/s1. The Labute approximate surface area is 147 Å². The van der Waals surface area contributed by atoms with E-state index in [1.165, 1.54) is 6.92 Å². The van der Waals surface area contributed by atoms with Gasteiger partial charge in [0.15, 0.2) is 11.6 Å². The molecule has 0 heterocycles. The lowest BCUT2D eigenvalue weighted by Gasteiger charge is -2.56. The minimum Gasteiger partial charge on any atom is -0.461 e. The first-order valence-corrected chi connectivity index (χ1v) is 8.73. The van der Waals surface area contributed by atoms with Crippen molar-refractivity contribution in [3.05, 3.63) is 23.3 Å². The van der Waals surface area contributed by atoms with Gasteiger partial charge in [-0.05, 0) is 30.4 Å². The first-order chi connectivity index (χ1) is 11.6. The van der Waals surface area contributed by atoms with Crippen LogP contribution in [0.4, 0.5) is 0 Å². The van der Waals surface area contributed by atoms with Crippen LogP contribution in [-0.4, -0.2) is 23.6 Å². The van der Waals surface area contributed by atoms with Crippen molar-refractivity contribution in [3.63, 3.8) is 0 Å². The molecule has 1 saturated carbocycles. The van der Waals surface area contributed by atoms with E-state index >= 15 is 0 Å². The summed E-state index contributed by atoms with van der Waals surface area (Å²) in [5, 5.41) is 9.37. The fourth-order valence-electron chi connectivity index (χ4n) is 5.20. The van der Waals surface area contributed by atoms with E-state index in [0.29, 0.717) is 0 Å². The smallest absolute Gasteiger partial charge is 0.302 e. The number of nitrogens with zero attached hydrogens (tertiary/aromatic N) is 1. The number of allylic oxidation sites excluding steroid dienone is 3. The predicted octanol–water partition coefficient (Wildman–Crippen LogP) is 2.91. The summed E-state index contributed by atoms with van der Waals surface area (Å²) in [7, 11) is 0. The van der Waals surface area contributed by atoms with Gasteiger partial charge in [-0.25, -0.2) is 0 Å². The lowest BCUT2D eigenvalue weighted by Crippen LogP contribution is -2.54. The van der Waals surface area contributed by atoms with E-state index in [1.54, 1.807) is 12.2 Å². The van der Waals surface area contributed by atoms with Gasteiger partial charge >= 0.3 is 5.97 Å². The molecule has 0 aliphatic heterocycles. The summed E-state index contributed by atoms with van der Waals surface area (Å²) in [4.78, 5) is 36.3. The molecule has 0 saturated heterocycles. The maximum absolute atomic E-state index is 12.4. The van der Waals surface area contributed by atoms with Crippen molar-refractivity contribution in [3.8, 4) is 6.07 Å². The second-order valence-corrected chi connectivity index (χ2v) is 7.99. The number of hydrogen-bond donors (Lipinski definition) is 0. The van der Waals surface area contributed by atoms with E-state index in [2.05, 4.69) is 0 Å². The molecule has 0 N–H and O–H groups in total. The average Bonchev–Trinajstić information content (AvgIpc) is 2.53. The fourth-order valence-corrected chi connectivity index (χ4v) is 5.20. The van der Waals surface area contributed by atoms with E-state index < -0.39 is 22.9 Å². The van der Waals surface area contributed by atoms with Gasteiger partial charge in [0.25, 0.3) is 0 Å². The van der Waals surface area contributed by atoms with E-state index in [0.717, 1.165) is 18.4 Å². The number of carbonyl (C=O) groups excluding carboxylic acids is 3. The first kappa shape index (κ1) is 17.6. The van der Waals surface area contributed by atoms with Crippen LogP contribution >= 0.6 is 0 Å². The van der Waals surface area contributed by atoms with Crippen molar-refractivity contribution in [2.24, 2.45) is 22.7 Å². The molecule has 1 fully saturated rings. The topological polar surface area (TPSA) is 84.2 Å². The maximum Gasteiger partial charge on any atom is 0.302 e. The summed E-state index contributed by atoms with van der Waals surface area (Å²) >= 11 is 0. The number of esters is 1. The van der Waals surface area contributed by atoms with Gasteiger partial charge in [-0.15, -0.1) is 0 Å². The lowest BCUT2D eigenvalue weighted by molar-refractivity contribution is -0.156. The van der Waals surface area contributed by atoms with Crippen LogP contribution in [0.2, 0.25) is 0 Å². The molecule has 25 heavy (non-hydrogen) atoms. The van der Waals surface area contributed by atoms with Gasteiger partial charge in [0.2, 0.25) is 0 Å². The Bertz CT molecular complexity index is 771. The third-order valence-corrected chi connectivity index (χ3v) is 6.50. The summed E-state index contributed by atoms with van der Waals surface area (Å²) in [5.74, 6) is -0.808. The van der Waals surface area contributed by atoms with Gasteiger partial charge in [0, 0.05) is 30.1 Å². The Kier molecular flexibility index (Phi) is 3.98. The molecule has 132 valence electrons. The first-order valence-electron chi connectivity index (χ1n) is 8.73. The average molecular weight is 341 g/mol. The summed E-state index contributed by atoms with van der Waals surface area (Å²) in [6, 6.07) is 2.02. The molecule has 5 heteroatoms. The highest BCUT2D eigenvalue weighted by Gasteiger charge is 2.58. The molecular formula is C20H23NO4. The molecule has 3 aliphatic rings. The Morgan fingerprint density at radius 2 is 2.04 bits per heavy atom. The number of hydrogen-bond acceptors (Lipinski definition) is 5. The third-order valence-electron chi connectivity index (χ3n) is 6.50. The number of rotatable bonds is 1. The normalized spacial score (nSPS) is 40.2. The van der Waals surface area contributed by atoms with Crippen LogP contribution in [0.1, 0.15) is 47.0 Å². The second kappa shape index (κ2) is 5.66. The van der Waals surface area contributed by atoms with Crippen molar-refractivity contribution in [1.82, 2.24) is 0 Å². The zero-order valence-corrected chi connectivity index (χ0v) is 15.1.